The summed E-state index contributed by atoms with van der Waals surface area (Å²) in [4.78, 5) is 9.72. The van der Waals surface area contributed by atoms with Gasteiger partial charge in [0.05, 0.1) is 11.2 Å². The SMILES string of the molecule is CSc1ccccc1Nc1nc(N)nc2ccccc12. The second-order valence-corrected chi connectivity index (χ2v) is 5.12. The quantitative estimate of drug-likeness (QED) is 0.717. The summed E-state index contributed by atoms with van der Waals surface area (Å²) in [7, 11) is 0. The van der Waals surface area contributed by atoms with Gasteiger partial charge in [-0.2, -0.15) is 4.98 Å². The van der Waals surface area contributed by atoms with Crippen molar-refractivity contribution in [2.24, 2.45) is 0 Å². The van der Waals surface area contributed by atoms with Crippen LogP contribution in [0, 0.1) is 0 Å². The molecule has 1 heterocycles. The van der Waals surface area contributed by atoms with Crippen molar-refractivity contribution >= 4 is 40.1 Å². The lowest BCUT2D eigenvalue weighted by Gasteiger charge is -2.12. The van der Waals surface area contributed by atoms with E-state index < -0.39 is 0 Å². The molecule has 0 aliphatic rings. The van der Waals surface area contributed by atoms with Crippen molar-refractivity contribution < 1.29 is 0 Å². The van der Waals surface area contributed by atoms with E-state index in [1.165, 1.54) is 0 Å². The highest BCUT2D eigenvalue weighted by Gasteiger charge is 2.07. The second-order valence-electron chi connectivity index (χ2n) is 4.27. The number of nitrogens with zero attached hydrogens (tertiary/aromatic N) is 2. The van der Waals surface area contributed by atoms with E-state index in [4.69, 9.17) is 5.73 Å². The summed E-state index contributed by atoms with van der Waals surface area (Å²) >= 11 is 1.69. The Kier molecular flexibility index (Phi) is 3.43. The van der Waals surface area contributed by atoms with Crippen LogP contribution in [-0.4, -0.2) is 16.2 Å². The fourth-order valence-electron chi connectivity index (χ4n) is 2.07. The third kappa shape index (κ3) is 2.40. The Balaban J connectivity index is 2.10. The molecule has 0 saturated heterocycles. The lowest BCUT2D eigenvalue weighted by atomic mass is 10.2. The zero-order chi connectivity index (χ0) is 13.9. The Labute approximate surface area is 121 Å². The Hall–Kier alpha value is -2.27. The van der Waals surface area contributed by atoms with E-state index in [-0.39, 0.29) is 5.95 Å². The Morgan fingerprint density at radius 3 is 2.60 bits per heavy atom. The summed E-state index contributed by atoms with van der Waals surface area (Å²) in [5.74, 6) is 1.00. The highest BCUT2D eigenvalue weighted by molar-refractivity contribution is 7.98. The zero-order valence-corrected chi connectivity index (χ0v) is 11.8. The molecule has 1 aromatic heterocycles. The van der Waals surface area contributed by atoms with Crippen molar-refractivity contribution in [3.63, 3.8) is 0 Å². The maximum Gasteiger partial charge on any atom is 0.222 e. The normalized spacial score (nSPS) is 10.7. The fraction of sp³-hybridized carbons (Fsp3) is 0.0667. The van der Waals surface area contributed by atoms with Crippen molar-refractivity contribution in [1.82, 2.24) is 9.97 Å². The van der Waals surface area contributed by atoms with Crippen LogP contribution >= 0.6 is 11.8 Å². The third-order valence-electron chi connectivity index (χ3n) is 2.98. The average molecular weight is 282 g/mol. The number of hydrogen-bond acceptors (Lipinski definition) is 5. The van der Waals surface area contributed by atoms with Gasteiger partial charge in [0, 0.05) is 10.3 Å². The lowest BCUT2D eigenvalue weighted by Crippen LogP contribution is -2.01. The van der Waals surface area contributed by atoms with Gasteiger partial charge in [-0.15, -0.1) is 11.8 Å². The summed E-state index contributed by atoms with van der Waals surface area (Å²) in [6.07, 6.45) is 2.05. The molecular formula is C15H14N4S. The Bertz CT molecular complexity index is 758. The van der Waals surface area contributed by atoms with Crippen LogP contribution in [0.1, 0.15) is 0 Å². The van der Waals surface area contributed by atoms with Gasteiger partial charge in [-0.3, -0.25) is 0 Å². The van der Waals surface area contributed by atoms with Crippen LogP contribution in [0.5, 0.6) is 0 Å². The molecule has 0 saturated carbocycles. The largest absolute Gasteiger partial charge is 0.368 e. The van der Waals surface area contributed by atoms with Crippen molar-refractivity contribution in [1.29, 1.82) is 0 Å². The highest BCUT2D eigenvalue weighted by atomic mass is 32.2. The van der Waals surface area contributed by atoms with Crippen LogP contribution in [-0.2, 0) is 0 Å². The van der Waals surface area contributed by atoms with Crippen molar-refractivity contribution in [2.45, 2.75) is 4.90 Å². The number of nitrogens with two attached hydrogens (primary N) is 1. The standard InChI is InChI=1S/C15H14N4S/c1-20-13-9-5-4-8-12(13)17-14-10-6-2-3-7-11(10)18-15(16)19-14/h2-9H,1H3,(H3,16,17,18,19). The predicted octanol–water partition coefficient (Wildman–Crippen LogP) is 3.68. The van der Waals surface area contributed by atoms with E-state index in [0.29, 0.717) is 0 Å². The van der Waals surface area contributed by atoms with Gasteiger partial charge in [0.15, 0.2) is 0 Å². The Morgan fingerprint density at radius 1 is 1.00 bits per heavy atom. The van der Waals surface area contributed by atoms with Gasteiger partial charge < -0.3 is 11.1 Å². The maximum atomic E-state index is 5.78. The van der Waals surface area contributed by atoms with Gasteiger partial charge in [0.1, 0.15) is 5.82 Å². The summed E-state index contributed by atoms with van der Waals surface area (Å²) in [5.41, 5.74) is 7.64. The van der Waals surface area contributed by atoms with E-state index in [2.05, 4.69) is 21.4 Å². The van der Waals surface area contributed by atoms with Crippen LogP contribution in [0.15, 0.2) is 53.4 Å². The smallest absolute Gasteiger partial charge is 0.222 e. The Morgan fingerprint density at radius 2 is 1.75 bits per heavy atom. The lowest BCUT2D eigenvalue weighted by molar-refractivity contribution is 1.23. The maximum absolute atomic E-state index is 5.78. The number of anilines is 3. The summed E-state index contributed by atoms with van der Waals surface area (Å²) in [6.45, 7) is 0. The third-order valence-corrected chi connectivity index (χ3v) is 3.78. The van der Waals surface area contributed by atoms with Gasteiger partial charge in [0.25, 0.3) is 0 Å². The number of thioether (sulfide) groups is 1. The van der Waals surface area contributed by atoms with Crippen LogP contribution in [0.2, 0.25) is 0 Å². The van der Waals surface area contributed by atoms with Gasteiger partial charge in [0.2, 0.25) is 5.95 Å². The number of fused-ring (bicyclic) bond motifs is 1. The average Bonchev–Trinajstić information content (AvgIpc) is 2.47. The van der Waals surface area contributed by atoms with Crippen LogP contribution in [0.25, 0.3) is 10.9 Å². The zero-order valence-electron chi connectivity index (χ0n) is 11.0. The summed E-state index contributed by atoms with van der Waals surface area (Å²) in [6, 6.07) is 15.9. The van der Waals surface area contributed by atoms with Crippen molar-refractivity contribution in [3.05, 3.63) is 48.5 Å². The molecule has 20 heavy (non-hydrogen) atoms. The number of para-hydroxylation sites is 2. The van der Waals surface area contributed by atoms with Crippen LogP contribution in [0.3, 0.4) is 0 Å². The van der Waals surface area contributed by atoms with Crippen molar-refractivity contribution in [3.8, 4) is 0 Å². The molecule has 0 aliphatic carbocycles. The second kappa shape index (κ2) is 5.38. The van der Waals surface area contributed by atoms with Gasteiger partial charge in [-0.1, -0.05) is 24.3 Å². The minimum atomic E-state index is 0.271. The molecule has 0 amide bonds. The number of nitrogen functional groups attached to an aromatic ring is 1. The number of hydrogen-bond donors (Lipinski definition) is 2. The first-order valence-electron chi connectivity index (χ1n) is 6.20. The number of benzene rings is 2. The molecule has 3 aromatic rings. The summed E-state index contributed by atoms with van der Waals surface area (Å²) in [5, 5.41) is 4.31. The topological polar surface area (TPSA) is 63.8 Å². The molecule has 100 valence electrons. The molecule has 4 nitrogen and oxygen atoms in total. The summed E-state index contributed by atoms with van der Waals surface area (Å²) < 4.78 is 0. The van der Waals surface area contributed by atoms with E-state index in [9.17, 15) is 0 Å². The molecular weight excluding hydrogens is 268 g/mol. The number of aromatic nitrogens is 2. The van der Waals surface area contributed by atoms with Crippen LogP contribution < -0.4 is 11.1 Å². The monoisotopic (exact) mass is 282 g/mol. The molecule has 0 radical (unpaired) electrons. The van der Waals surface area contributed by atoms with Gasteiger partial charge in [-0.05, 0) is 30.5 Å². The van der Waals surface area contributed by atoms with E-state index in [1.54, 1.807) is 11.8 Å². The highest BCUT2D eigenvalue weighted by Crippen LogP contribution is 2.30. The molecule has 0 fully saturated rings. The first kappa shape index (κ1) is 12.7. The molecule has 5 heteroatoms. The van der Waals surface area contributed by atoms with E-state index in [0.717, 1.165) is 27.3 Å². The molecule has 0 aliphatic heterocycles. The van der Waals surface area contributed by atoms with Gasteiger partial charge in [-0.25, -0.2) is 4.98 Å². The number of nitrogens with one attached hydrogen (secondary N) is 1. The van der Waals surface area contributed by atoms with E-state index >= 15 is 0 Å². The predicted molar refractivity (Wildman–Crippen MR) is 85.5 cm³/mol. The fourth-order valence-corrected chi connectivity index (χ4v) is 2.62. The first-order chi connectivity index (χ1) is 9.78. The first-order valence-corrected chi connectivity index (χ1v) is 7.42. The van der Waals surface area contributed by atoms with Crippen molar-refractivity contribution in [2.75, 3.05) is 17.3 Å². The van der Waals surface area contributed by atoms with Gasteiger partial charge >= 0.3 is 0 Å². The molecule has 0 bridgehead atoms. The molecule has 0 spiro atoms. The van der Waals surface area contributed by atoms with Crippen LogP contribution in [0.4, 0.5) is 17.5 Å². The molecule has 3 N–H and O–H groups in total. The molecule has 0 unspecified atom stereocenters. The molecule has 3 rings (SSSR count). The minimum Gasteiger partial charge on any atom is -0.368 e. The van der Waals surface area contributed by atoms with E-state index in [1.807, 2.05) is 48.7 Å². The number of rotatable bonds is 3. The molecule has 2 aromatic carbocycles. The molecule has 0 atom stereocenters. The minimum absolute atomic E-state index is 0.271.